The van der Waals surface area contributed by atoms with Gasteiger partial charge < -0.3 is 4.89 Å². The monoisotopic (exact) mass is 314 g/mol. The van der Waals surface area contributed by atoms with Crippen LogP contribution in [-0.4, -0.2) is 33.5 Å². The highest BCUT2D eigenvalue weighted by atomic mass is 31.1. The van der Waals surface area contributed by atoms with E-state index >= 15 is 0 Å². The van der Waals surface area contributed by atoms with E-state index in [1.807, 2.05) is 50.2 Å². The Bertz CT molecular complexity index is 696. The van der Waals surface area contributed by atoms with Crippen molar-refractivity contribution >= 4 is 36.6 Å². The molecule has 1 atom stereocenters. The van der Waals surface area contributed by atoms with E-state index in [0.29, 0.717) is 5.56 Å². The predicted molar refractivity (Wildman–Crippen MR) is 90.2 cm³/mol. The maximum atomic E-state index is 12.0. The molecule has 0 amide bonds. The Morgan fingerprint density at radius 3 is 2.14 bits per heavy atom. The zero-order chi connectivity index (χ0) is 14.9. The summed E-state index contributed by atoms with van der Waals surface area (Å²) < 4.78 is 11.2. The average molecular weight is 315 g/mol. The molecule has 0 spiro atoms. The Morgan fingerprint density at radius 2 is 1.62 bits per heavy atom. The van der Waals surface area contributed by atoms with Crippen molar-refractivity contribution in [3.63, 3.8) is 0 Å². The van der Waals surface area contributed by atoms with Gasteiger partial charge in [0.1, 0.15) is 0 Å². The lowest BCUT2D eigenvalue weighted by molar-refractivity contribution is 0.106. The molecule has 0 saturated heterocycles. The summed E-state index contributed by atoms with van der Waals surface area (Å²) in [5, 5.41) is 0. The highest BCUT2D eigenvalue weighted by Crippen LogP contribution is 2.35. The minimum atomic E-state index is -3.21. The molecule has 2 aromatic carbocycles. The van der Waals surface area contributed by atoms with Gasteiger partial charge in [-0.2, -0.15) is 0 Å². The minimum Gasteiger partial charge on any atom is -0.341 e. The molecule has 1 unspecified atom stereocenters. The number of aryl methyl sites for hydroxylation is 2. The first-order valence-electron chi connectivity index (χ1n) is 6.37. The summed E-state index contributed by atoms with van der Waals surface area (Å²) in [5.74, 6) is 0. The molecule has 1 N–H and O–H groups in total. The predicted octanol–water partition coefficient (Wildman–Crippen LogP) is 2.97. The highest BCUT2D eigenvalue weighted by molar-refractivity contribution is 7.59. The summed E-state index contributed by atoms with van der Waals surface area (Å²) in [4.78, 5) is 21.1. The third-order valence-electron chi connectivity index (χ3n) is 3.46. The highest BCUT2D eigenvalue weighted by Gasteiger charge is 2.20. The molecule has 0 aliphatic carbocycles. The molecule has 0 fully saturated rings. The Hall–Kier alpha value is -0.934. The second-order valence-electron chi connectivity index (χ2n) is 4.89. The second kappa shape index (κ2) is 7.37. The quantitative estimate of drug-likeness (QED) is 0.700. The van der Waals surface area contributed by atoms with E-state index in [0.717, 1.165) is 27.8 Å². The number of hydrogen-bond donors (Lipinski definition) is 1. The number of carbonyl (C=O) groups excluding carboxylic acids is 1. The van der Waals surface area contributed by atoms with Crippen LogP contribution in [0.15, 0.2) is 36.4 Å². The van der Waals surface area contributed by atoms with Crippen molar-refractivity contribution in [1.82, 2.24) is 0 Å². The lowest BCUT2D eigenvalue weighted by atomic mass is 9.90. The molecule has 0 heterocycles. The topological polar surface area (TPSA) is 54.4 Å². The van der Waals surface area contributed by atoms with Gasteiger partial charge in [0.05, 0.1) is 0 Å². The first-order valence-corrected chi connectivity index (χ1v) is 7.73. The fourth-order valence-corrected chi connectivity index (χ4v) is 3.29. The molecule has 0 saturated carbocycles. The van der Waals surface area contributed by atoms with Crippen LogP contribution >= 0.6 is 8.03 Å². The fourth-order valence-electron chi connectivity index (χ4n) is 2.69. The summed E-state index contributed by atoms with van der Waals surface area (Å²) >= 11 is 0. The van der Waals surface area contributed by atoms with Crippen molar-refractivity contribution < 1.29 is 14.3 Å². The van der Waals surface area contributed by atoms with Crippen LogP contribution in [0.25, 0.3) is 11.1 Å². The largest absolute Gasteiger partial charge is 0.341 e. The zero-order valence-corrected chi connectivity index (χ0v) is 12.7. The smallest absolute Gasteiger partial charge is 0.316 e. The summed E-state index contributed by atoms with van der Waals surface area (Å²) in [7, 11) is -3.21. The van der Waals surface area contributed by atoms with E-state index < -0.39 is 13.6 Å². The molecule has 0 aliphatic heterocycles. The van der Waals surface area contributed by atoms with Crippen LogP contribution in [0, 0.1) is 20.8 Å². The molecule has 3 nitrogen and oxygen atoms in total. The van der Waals surface area contributed by atoms with Gasteiger partial charge in [-0.3, -0.25) is 9.36 Å². The number of benzene rings is 2. The second-order valence-corrected chi connectivity index (χ2v) is 5.95. The SMILES string of the molecule is Cc1cc(C)c(-c2ccccc2)c(C)c1C(=O)[PH](=O)O.[MgH2]. The molecule has 21 heavy (non-hydrogen) atoms. The Balaban J connectivity index is 0.00000220. The van der Waals surface area contributed by atoms with Crippen LogP contribution in [-0.2, 0) is 4.57 Å². The summed E-state index contributed by atoms with van der Waals surface area (Å²) in [6.07, 6.45) is 0. The van der Waals surface area contributed by atoms with Crippen molar-refractivity contribution in [2.75, 3.05) is 0 Å². The molecule has 0 radical (unpaired) electrons. The summed E-state index contributed by atoms with van der Waals surface area (Å²) in [5.41, 5.74) is 4.25. The van der Waals surface area contributed by atoms with E-state index in [1.165, 1.54) is 0 Å². The molecular formula is C16H19MgO3P. The van der Waals surface area contributed by atoms with E-state index in [4.69, 9.17) is 4.89 Å². The maximum Gasteiger partial charge on any atom is 0.316 e. The third kappa shape index (κ3) is 3.64. The normalized spacial score (nSPS) is 11.6. The Morgan fingerprint density at radius 1 is 1.05 bits per heavy atom. The summed E-state index contributed by atoms with van der Waals surface area (Å²) in [6.45, 7) is 5.62. The first kappa shape index (κ1) is 18.1. The van der Waals surface area contributed by atoms with E-state index in [2.05, 4.69) is 0 Å². The molecule has 2 aromatic rings. The van der Waals surface area contributed by atoms with E-state index in [9.17, 15) is 9.36 Å². The summed E-state index contributed by atoms with van der Waals surface area (Å²) in [6, 6.07) is 11.6. The fraction of sp³-hybridized carbons (Fsp3) is 0.188. The van der Waals surface area contributed by atoms with Crippen LogP contribution in [0.4, 0.5) is 0 Å². The first-order chi connectivity index (χ1) is 9.43. The minimum absolute atomic E-state index is 0. The van der Waals surface area contributed by atoms with Gasteiger partial charge in [-0.1, -0.05) is 36.4 Å². The molecule has 108 valence electrons. The number of rotatable bonds is 3. The molecule has 0 aromatic heterocycles. The molecular weight excluding hydrogens is 295 g/mol. The lowest BCUT2D eigenvalue weighted by Gasteiger charge is -2.16. The maximum absolute atomic E-state index is 12.0. The molecule has 0 aliphatic rings. The van der Waals surface area contributed by atoms with Crippen LogP contribution in [0.2, 0.25) is 0 Å². The van der Waals surface area contributed by atoms with Gasteiger partial charge in [0, 0.05) is 5.56 Å². The third-order valence-corrected chi connectivity index (χ3v) is 4.09. The van der Waals surface area contributed by atoms with Gasteiger partial charge in [-0.25, -0.2) is 0 Å². The van der Waals surface area contributed by atoms with Crippen molar-refractivity contribution in [3.05, 3.63) is 58.7 Å². The van der Waals surface area contributed by atoms with Crippen LogP contribution in [0.1, 0.15) is 27.0 Å². The van der Waals surface area contributed by atoms with E-state index in [-0.39, 0.29) is 23.1 Å². The van der Waals surface area contributed by atoms with Crippen molar-refractivity contribution in [3.8, 4) is 11.1 Å². The van der Waals surface area contributed by atoms with E-state index in [1.54, 1.807) is 6.92 Å². The Labute approximate surface area is 141 Å². The van der Waals surface area contributed by atoms with Crippen LogP contribution < -0.4 is 0 Å². The molecule has 5 heteroatoms. The molecule has 2 rings (SSSR count). The van der Waals surface area contributed by atoms with Crippen molar-refractivity contribution in [2.24, 2.45) is 0 Å². The van der Waals surface area contributed by atoms with Gasteiger partial charge in [0.2, 0.25) is 5.52 Å². The zero-order valence-electron chi connectivity index (χ0n) is 11.7. The lowest BCUT2D eigenvalue weighted by Crippen LogP contribution is -2.04. The van der Waals surface area contributed by atoms with Gasteiger partial charge >= 0.3 is 23.1 Å². The van der Waals surface area contributed by atoms with Crippen molar-refractivity contribution in [2.45, 2.75) is 20.8 Å². The standard InChI is InChI=1S/C16H17O3P.Mg.2H/c1-10-9-11(2)15(16(17)20(18)19)12(3)14(10)13-7-5-4-6-8-13;;;/h4-9,20H,1-3H3,(H,18,19);;;. The number of hydrogen-bond acceptors (Lipinski definition) is 2. The van der Waals surface area contributed by atoms with Gasteiger partial charge in [0.15, 0.2) is 0 Å². The van der Waals surface area contributed by atoms with Gasteiger partial charge in [0.25, 0.3) is 8.03 Å². The van der Waals surface area contributed by atoms with Gasteiger partial charge in [-0.05, 0) is 48.6 Å². The Kier molecular flexibility index (Phi) is 6.35. The van der Waals surface area contributed by atoms with Crippen LogP contribution in [0.3, 0.4) is 0 Å². The average Bonchev–Trinajstić information content (AvgIpc) is 2.39. The molecule has 0 bridgehead atoms. The van der Waals surface area contributed by atoms with Crippen molar-refractivity contribution in [1.29, 1.82) is 0 Å². The number of carbonyl (C=O) groups is 1. The van der Waals surface area contributed by atoms with Gasteiger partial charge in [-0.15, -0.1) is 0 Å². The van der Waals surface area contributed by atoms with Crippen LogP contribution in [0.5, 0.6) is 0 Å².